The molecule has 84 valence electrons. The van der Waals surface area contributed by atoms with Gasteiger partial charge in [0.25, 0.3) is 0 Å². The summed E-state index contributed by atoms with van der Waals surface area (Å²) in [6.07, 6.45) is 1.31. The lowest BCUT2D eigenvalue weighted by atomic mass is 9.83. The molecule has 3 heteroatoms. The predicted molar refractivity (Wildman–Crippen MR) is 59.2 cm³/mol. The monoisotopic (exact) mass is 232 g/mol. The fraction of sp³-hybridized carbons (Fsp3) is 0.500. The van der Waals surface area contributed by atoms with E-state index in [9.17, 15) is 8.78 Å². The Morgan fingerprint density at radius 2 is 2.00 bits per heavy atom. The summed E-state index contributed by atoms with van der Waals surface area (Å²) in [7, 11) is 0. The average Bonchev–Trinajstić information content (AvgIpc) is 2.25. The van der Waals surface area contributed by atoms with Crippen LogP contribution in [0.1, 0.15) is 25.8 Å². The molecule has 1 atom stereocenters. The van der Waals surface area contributed by atoms with E-state index >= 15 is 0 Å². The number of alkyl halides is 1. The zero-order valence-corrected chi connectivity index (χ0v) is 9.74. The van der Waals surface area contributed by atoms with Crippen LogP contribution in [0.5, 0.6) is 0 Å². The van der Waals surface area contributed by atoms with Gasteiger partial charge in [-0.1, -0.05) is 26.0 Å². The Hall–Kier alpha value is -0.630. The van der Waals surface area contributed by atoms with E-state index in [1.54, 1.807) is 6.07 Å². The van der Waals surface area contributed by atoms with Gasteiger partial charge in [-0.15, -0.1) is 11.6 Å². The standard InChI is InChI=1S/C12H15ClF2/c1-3-12(2,8-13)7-9-5-4-6-10(14)11(9)15/h4-6H,3,7-8H2,1-2H3. The van der Waals surface area contributed by atoms with Gasteiger partial charge >= 0.3 is 0 Å². The normalized spacial score (nSPS) is 15.0. The van der Waals surface area contributed by atoms with Crippen LogP contribution in [0, 0.1) is 17.0 Å². The Morgan fingerprint density at radius 3 is 2.53 bits per heavy atom. The maximum Gasteiger partial charge on any atom is 0.162 e. The topological polar surface area (TPSA) is 0 Å². The molecular weight excluding hydrogens is 218 g/mol. The molecule has 0 aliphatic carbocycles. The van der Waals surface area contributed by atoms with Crippen LogP contribution in [0.4, 0.5) is 8.78 Å². The van der Waals surface area contributed by atoms with Gasteiger partial charge in [0.1, 0.15) is 0 Å². The maximum atomic E-state index is 13.4. The molecule has 0 saturated heterocycles. The van der Waals surface area contributed by atoms with Crippen molar-refractivity contribution >= 4 is 11.6 Å². The molecule has 1 aromatic rings. The fourth-order valence-corrected chi connectivity index (χ4v) is 1.69. The largest absolute Gasteiger partial charge is 0.204 e. The van der Waals surface area contributed by atoms with Crippen molar-refractivity contribution in [1.82, 2.24) is 0 Å². The third-order valence-electron chi connectivity index (χ3n) is 2.82. The maximum absolute atomic E-state index is 13.4. The molecule has 1 aromatic carbocycles. The molecule has 0 N–H and O–H groups in total. The first kappa shape index (κ1) is 12.4. The van der Waals surface area contributed by atoms with Crippen LogP contribution in [0.25, 0.3) is 0 Å². The van der Waals surface area contributed by atoms with Gasteiger partial charge in [0.2, 0.25) is 0 Å². The second-order valence-corrected chi connectivity index (χ2v) is 4.45. The number of halogens is 3. The van der Waals surface area contributed by atoms with Crippen molar-refractivity contribution in [2.75, 3.05) is 5.88 Å². The summed E-state index contributed by atoms with van der Waals surface area (Å²) < 4.78 is 26.3. The average molecular weight is 233 g/mol. The van der Waals surface area contributed by atoms with Gasteiger partial charge in [-0.05, 0) is 29.9 Å². The van der Waals surface area contributed by atoms with Gasteiger partial charge in [-0.25, -0.2) is 8.78 Å². The van der Waals surface area contributed by atoms with E-state index in [4.69, 9.17) is 11.6 Å². The summed E-state index contributed by atoms with van der Waals surface area (Å²) in [5.74, 6) is -1.10. The molecule has 0 aliphatic rings. The molecular formula is C12H15ClF2. The molecule has 0 aromatic heterocycles. The Kier molecular flexibility index (Phi) is 4.09. The SMILES string of the molecule is CCC(C)(CCl)Cc1cccc(F)c1F. The fourth-order valence-electron chi connectivity index (χ4n) is 1.41. The van der Waals surface area contributed by atoms with Crippen molar-refractivity contribution in [2.45, 2.75) is 26.7 Å². The third kappa shape index (κ3) is 2.91. The lowest BCUT2D eigenvalue weighted by Gasteiger charge is -2.25. The quantitative estimate of drug-likeness (QED) is 0.684. The first-order valence-corrected chi connectivity index (χ1v) is 5.55. The highest BCUT2D eigenvalue weighted by atomic mass is 35.5. The van der Waals surface area contributed by atoms with Crippen LogP contribution in [0.3, 0.4) is 0 Å². The van der Waals surface area contributed by atoms with Gasteiger partial charge in [-0.3, -0.25) is 0 Å². The van der Waals surface area contributed by atoms with Crippen LogP contribution in [0.2, 0.25) is 0 Å². The molecule has 0 aliphatic heterocycles. The summed E-state index contributed by atoms with van der Waals surface area (Å²) in [6, 6.07) is 4.26. The summed E-state index contributed by atoms with van der Waals surface area (Å²) in [4.78, 5) is 0. The minimum absolute atomic E-state index is 0.170. The minimum Gasteiger partial charge on any atom is -0.204 e. The second kappa shape index (κ2) is 4.93. The summed E-state index contributed by atoms with van der Waals surface area (Å²) in [5, 5.41) is 0. The van der Waals surface area contributed by atoms with E-state index in [1.165, 1.54) is 6.07 Å². The highest BCUT2D eigenvalue weighted by molar-refractivity contribution is 6.18. The van der Waals surface area contributed by atoms with Gasteiger partial charge < -0.3 is 0 Å². The van der Waals surface area contributed by atoms with Gasteiger partial charge in [-0.2, -0.15) is 0 Å². The summed E-state index contributed by atoms with van der Waals surface area (Å²) >= 11 is 5.83. The van der Waals surface area contributed by atoms with Crippen molar-refractivity contribution in [3.05, 3.63) is 35.4 Å². The number of rotatable bonds is 4. The van der Waals surface area contributed by atoms with Crippen molar-refractivity contribution in [2.24, 2.45) is 5.41 Å². The molecule has 0 radical (unpaired) electrons. The van der Waals surface area contributed by atoms with Crippen LogP contribution in [-0.4, -0.2) is 5.88 Å². The lowest BCUT2D eigenvalue weighted by molar-refractivity contribution is 0.346. The van der Waals surface area contributed by atoms with Crippen molar-refractivity contribution in [1.29, 1.82) is 0 Å². The highest BCUT2D eigenvalue weighted by Gasteiger charge is 2.23. The van der Waals surface area contributed by atoms with Gasteiger partial charge in [0.05, 0.1) is 0 Å². The van der Waals surface area contributed by atoms with Crippen molar-refractivity contribution < 1.29 is 8.78 Å². The first-order chi connectivity index (χ1) is 7.02. The van der Waals surface area contributed by atoms with Crippen LogP contribution in [0.15, 0.2) is 18.2 Å². The van der Waals surface area contributed by atoms with E-state index < -0.39 is 11.6 Å². The summed E-state index contributed by atoms with van der Waals surface area (Å²) in [6.45, 7) is 3.98. The van der Waals surface area contributed by atoms with Crippen molar-refractivity contribution in [3.8, 4) is 0 Å². The number of hydrogen-bond acceptors (Lipinski definition) is 0. The van der Waals surface area contributed by atoms with E-state index in [0.29, 0.717) is 17.9 Å². The summed E-state index contributed by atoms with van der Waals surface area (Å²) in [5.41, 5.74) is 0.232. The van der Waals surface area contributed by atoms with E-state index in [-0.39, 0.29) is 5.41 Å². The molecule has 0 fully saturated rings. The second-order valence-electron chi connectivity index (χ2n) is 4.19. The molecule has 0 amide bonds. The van der Waals surface area contributed by atoms with E-state index in [0.717, 1.165) is 12.5 Å². The Bertz CT molecular complexity index is 332. The molecule has 1 unspecified atom stereocenters. The van der Waals surface area contributed by atoms with Gasteiger partial charge in [0, 0.05) is 5.88 Å². The number of benzene rings is 1. The zero-order chi connectivity index (χ0) is 11.5. The highest BCUT2D eigenvalue weighted by Crippen LogP contribution is 2.29. The Labute approximate surface area is 94.3 Å². The predicted octanol–water partition coefficient (Wildman–Crippen LogP) is 4.16. The molecule has 0 spiro atoms. The van der Waals surface area contributed by atoms with Crippen molar-refractivity contribution in [3.63, 3.8) is 0 Å². The third-order valence-corrected chi connectivity index (χ3v) is 3.47. The van der Waals surface area contributed by atoms with E-state index in [1.807, 2.05) is 13.8 Å². The molecule has 0 bridgehead atoms. The zero-order valence-electron chi connectivity index (χ0n) is 8.99. The minimum atomic E-state index is -0.791. The van der Waals surface area contributed by atoms with Crippen LogP contribution >= 0.6 is 11.6 Å². The van der Waals surface area contributed by atoms with Crippen LogP contribution in [-0.2, 0) is 6.42 Å². The molecule has 0 nitrogen and oxygen atoms in total. The Balaban J connectivity index is 2.94. The molecule has 0 heterocycles. The van der Waals surface area contributed by atoms with E-state index in [2.05, 4.69) is 0 Å². The number of hydrogen-bond donors (Lipinski definition) is 0. The van der Waals surface area contributed by atoms with Gasteiger partial charge in [0.15, 0.2) is 11.6 Å². The first-order valence-electron chi connectivity index (χ1n) is 5.01. The molecule has 0 saturated carbocycles. The Morgan fingerprint density at radius 1 is 1.33 bits per heavy atom. The lowest BCUT2D eigenvalue weighted by Crippen LogP contribution is -2.21. The van der Waals surface area contributed by atoms with Crippen LogP contribution < -0.4 is 0 Å². The molecule has 15 heavy (non-hydrogen) atoms. The molecule has 1 rings (SSSR count). The smallest absolute Gasteiger partial charge is 0.162 e.